The fraction of sp³-hybridized carbons (Fsp3) is 0.242. The van der Waals surface area contributed by atoms with Crippen molar-refractivity contribution in [3.63, 3.8) is 0 Å². The summed E-state index contributed by atoms with van der Waals surface area (Å²) in [5.41, 5.74) is 3.43. The van der Waals surface area contributed by atoms with E-state index < -0.39 is 18.4 Å². The Morgan fingerprint density at radius 2 is 1.56 bits per heavy atom. The number of benzene rings is 3. The lowest BCUT2D eigenvalue weighted by molar-refractivity contribution is -0.122. The molecule has 1 aliphatic heterocycles. The van der Waals surface area contributed by atoms with E-state index in [4.69, 9.17) is 9.72 Å². The van der Waals surface area contributed by atoms with Crippen LogP contribution in [0, 0.1) is 18.8 Å². The summed E-state index contributed by atoms with van der Waals surface area (Å²) in [4.78, 5) is 58.7. The van der Waals surface area contributed by atoms with Crippen LogP contribution in [0.25, 0.3) is 22.2 Å². The molecule has 1 N–H and O–H groups in total. The fourth-order valence-electron chi connectivity index (χ4n) is 5.78. The maximum atomic E-state index is 13.3. The van der Waals surface area contributed by atoms with Crippen LogP contribution < -0.4 is 4.90 Å². The molecule has 10 heteroatoms. The number of para-hydroxylation sites is 1. The number of hydrogen-bond donors (Lipinski definition) is 1. The number of aryl methyl sites for hydroxylation is 1. The topological polar surface area (TPSA) is 114 Å². The number of anilines is 1. The minimum absolute atomic E-state index is 0.0692. The molecule has 0 spiro atoms. The van der Waals surface area contributed by atoms with Gasteiger partial charge in [-0.3, -0.25) is 19.3 Å². The number of nitrogens with zero attached hydrogens (tertiary/aromatic N) is 2. The molecule has 4 aromatic rings. The number of ketones is 1. The fourth-order valence-corrected chi connectivity index (χ4v) is 7.02. The molecule has 6 rings (SSSR count). The van der Waals surface area contributed by atoms with Gasteiger partial charge in [0.15, 0.2) is 6.61 Å². The Balaban J connectivity index is 1.28. The molecule has 43 heavy (non-hydrogen) atoms. The van der Waals surface area contributed by atoms with Crippen LogP contribution in [-0.4, -0.2) is 49.9 Å². The molecular formula is C33H26Br2N2O6. The van der Waals surface area contributed by atoms with Crippen molar-refractivity contribution in [2.45, 2.75) is 29.4 Å². The van der Waals surface area contributed by atoms with Crippen LogP contribution in [0.5, 0.6) is 5.75 Å². The van der Waals surface area contributed by atoms with Gasteiger partial charge in [-0.05, 0) is 62.2 Å². The van der Waals surface area contributed by atoms with Crippen LogP contribution in [0.3, 0.4) is 0 Å². The molecule has 1 aromatic heterocycles. The number of aromatic hydroxyl groups is 1. The summed E-state index contributed by atoms with van der Waals surface area (Å²) in [6.07, 6.45) is 1.19. The van der Waals surface area contributed by atoms with Crippen molar-refractivity contribution < 1.29 is 29.0 Å². The van der Waals surface area contributed by atoms with Crippen LogP contribution in [-0.2, 0) is 14.3 Å². The molecule has 8 nitrogen and oxygen atoms in total. The third-order valence-electron chi connectivity index (χ3n) is 8.06. The summed E-state index contributed by atoms with van der Waals surface area (Å²) in [6.45, 7) is 1.36. The Bertz CT molecular complexity index is 1760. The molecule has 2 heterocycles. The number of Topliss-reactive ketones (excluding diaryl/α,β-unsaturated/α-hetero) is 1. The smallest absolute Gasteiger partial charge is 0.339 e. The number of aromatic nitrogens is 1. The van der Waals surface area contributed by atoms with E-state index in [1.807, 2.05) is 25.1 Å². The van der Waals surface area contributed by atoms with Crippen molar-refractivity contribution in [1.82, 2.24) is 4.98 Å². The highest BCUT2D eigenvalue weighted by atomic mass is 79.9. The zero-order chi connectivity index (χ0) is 30.4. The predicted molar refractivity (Wildman–Crippen MR) is 169 cm³/mol. The summed E-state index contributed by atoms with van der Waals surface area (Å²) in [5.74, 6) is -2.48. The molecule has 4 unspecified atom stereocenters. The number of amides is 2. The first-order chi connectivity index (χ1) is 20.6. The van der Waals surface area contributed by atoms with Gasteiger partial charge < -0.3 is 9.84 Å². The third-order valence-corrected chi connectivity index (χ3v) is 10.8. The molecule has 4 atom stereocenters. The van der Waals surface area contributed by atoms with Crippen molar-refractivity contribution >= 4 is 72.0 Å². The number of carbonyl (C=O) groups is 4. The van der Waals surface area contributed by atoms with Gasteiger partial charge in [0.25, 0.3) is 0 Å². The summed E-state index contributed by atoms with van der Waals surface area (Å²) in [6, 6.07) is 20.2. The molecule has 0 bridgehead atoms. The average molecular weight is 706 g/mol. The summed E-state index contributed by atoms with van der Waals surface area (Å²) >= 11 is 7.24. The van der Waals surface area contributed by atoms with E-state index in [9.17, 15) is 24.3 Å². The Morgan fingerprint density at radius 3 is 2.21 bits per heavy atom. The minimum atomic E-state index is -0.703. The number of fused-ring (bicyclic) bond motifs is 2. The number of ether oxygens (including phenoxy) is 1. The number of halogens is 2. The Hall–Kier alpha value is -3.89. The molecule has 1 saturated carbocycles. The zero-order valence-electron chi connectivity index (χ0n) is 23.0. The van der Waals surface area contributed by atoms with Crippen LogP contribution in [0.2, 0.25) is 0 Å². The number of alkyl halides is 2. The first-order valence-electron chi connectivity index (χ1n) is 13.8. The zero-order valence-corrected chi connectivity index (χ0v) is 26.2. The monoisotopic (exact) mass is 704 g/mol. The maximum Gasteiger partial charge on any atom is 0.339 e. The Kier molecular flexibility index (Phi) is 7.91. The van der Waals surface area contributed by atoms with E-state index >= 15 is 0 Å². The Labute approximate surface area is 264 Å². The van der Waals surface area contributed by atoms with Gasteiger partial charge in [-0.15, -0.1) is 0 Å². The second kappa shape index (κ2) is 11.7. The molecule has 2 fully saturated rings. The number of hydrogen-bond acceptors (Lipinski definition) is 7. The van der Waals surface area contributed by atoms with Crippen LogP contribution in [0.15, 0.2) is 72.8 Å². The standard InChI is InChI=1S/C33H26Br2N2O6/c1-17-6-11-27-21(12-17)24(33(42)43-16-30(39)20-4-2-3-5-29(20)38)15-28(36-27)18-7-9-19(10-8-18)37-31(40)22-13-25(34)26(35)14-23(22)32(37)41/h2-12,15,22-23,25-26,38H,13-14,16H2,1H3. The second-order valence-electron chi connectivity index (χ2n) is 10.9. The highest BCUT2D eigenvalue weighted by Crippen LogP contribution is 2.44. The van der Waals surface area contributed by atoms with Gasteiger partial charge in [0.1, 0.15) is 5.75 Å². The number of phenolic OH excluding ortho intramolecular Hbond substituents is 1. The van der Waals surface area contributed by atoms with E-state index in [2.05, 4.69) is 31.9 Å². The van der Waals surface area contributed by atoms with Crippen LogP contribution in [0.4, 0.5) is 5.69 Å². The largest absolute Gasteiger partial charge is 0.507 e. The van der Waals surface area contributed by atoms with Gasteiger partial charge in [-0.2, -0.15) is 0 Å². The van der Waals surface area contributed by atoms with Gasteiger partial charge in [0.2, 0.25) is 17.6 Å². The second-order valence-corrected chi connectivity index (χ2v) is 13.2. The number of phenols is 1. The van der Waals surface area contributed by atoms with Crippen LogP contribution >= 0.6 is 31.9 Å². The first kappa shape index (κ1) is 29.2. The molecule has 2 amide bonds. The van der Waals surface area contributed by atoms with Crippen molar-refractivity contribution in [3.05, 3.63) is 89.5 Å². The predicted octanol–water partition coefficient (Wildman–Crippen LogP) is 6.38. The lowest BCUT2D eigenvalue weighted by atomic mass is 9.81. The molecule has 2 aliphatic rings. The highest BCUT2D eigenvalue weighted by molar-refractivity contribution is 9.12. The van der Waals surface area contributed by atoms with Gasteiger partial charge in [0, 0.05) is 20.6 Å². The number of imide groups is 1. The lowest BCUT2D eigenvalue weighted by Gasteiger charge is -2.29. The highest BCUT2D eigenvalue weighted by Gasteiger charge is 2.52. The molecular weight excluding hydrogens is 680 g/mol. The quantitative estimate of drug-likeness (QED) is 0.107. The number of pyridine rings is 1. The third kappa shape index (κ3) is 5.49. The summed E-state index contributed by atoms with van der Waals surface area (Å²) in [7, 11) is 0. The molecule has 1 aliphatic carbocycles. The first-order valence-corrected chi connectivity index (χ1v) is 15.6. The number of carbonyl (C=O) groups excluding carboxylic acids is 4. The van der Waals surface area contributed by atoms with Gasteiger partial charge >= 0.3 is 5.97 Å². The van der Waals surface area contributed by atoms with E-state index in [1.165, 1.54) is 17.0 Å². The van der Waals surface area contributed by atoms with Gasteiger partial charge in [0.05, 0.1) is 39.9 Å². The number of rotatable bonds is 6. The average Bonchev–Trinajstić information content (AvgIpc) is 3.23. The summed E-state index contributed by atoms with van der Waals surface area (Å²) < 4.78 is 5.39. The lowest BCUT2D eigenvalue weighted by Crippen LogP contribution is -2.34. The van der Waals surface area contributed by atoms with Crippen molar-refractivity contribution in [2.75, 3.05) is 11.5 Å². The molecule has 0 radical (unpaired) electrons. The van der Waals surface area contributed by atoms with E-state index in [-0.39, 0.29) is 50.2 Å². The van der Waals surface area contributed by atoms with E-state index in [0.29, 0.717) is 40.7 Å². The van der Waals surface area contributed by atoms with E-state index in [0.717, 1.165) is 5.56 Å². The normalized spacial score (nSPS) is 21.6. The SMILES string of the molecule is Cc1ccc2nc(-c3ccc(N4C(=O)C5CC(Br)C(Br)CC5C4=O)cc3)cc(C(=O)OCC(=O)c3ccccc3O)c2c1. The maximum absolute atomic E-state index is 13.3. The van der Waals surface area contributed by atoms with Crippen molar-refractivity contribution in [2.24, 2.45) is 11.8 Å². The molecule has 1 saturated heterocycles. The molecule has 3 aromatic carbocycles. The van der Waals surface area contributed by atoms with Gasteiger partial charge in [-0.25, -0.2) is 9.78 Å². The molecule has 218 valence electrons. The number of esters is 1. The van der Waals surface area contributed by atoms with E-state index in [1.54, 1.807) is 42.5 Å². The minimum Gasteiger partial charge on any atom is -0.507 e. The summed E-state index contributed by atoms with van der Waals surface area (Å²) in [5, 5.41) is 10.6. The van der Waals surface area contributed by atoms with Crippen molar-refractivity contribution in [1.29, 1.82) is 0 Å². The van der Waals surface area contributed by atoms with Gasteiger partial charge in [-0.1, -0.05) is 67.8 Å². The Morgan fingerprint density at radius 1 is 0.907 bits per heavy atom. The van der Waals surface area contributed by atoms with Crippen molar-refractivity contribution in [3.8, 4) is 17.0 Å². The van der Waals surface area contributed by atoms with Crippen LogP contribution in [0.1, 0.15) is 39.1 Å².